The fraction of sp³-hybridized carbons (Fsp3) is 0.176. The van der Waals surface area contributed by atoms with Crippen molar-refractivity contribution in [2.24, 2.45) is 7.05 Å². The lowest BCUT2D eigenvalue weighted by molar-refractivity contribution is -0.136. The first kappa shape index (κ1) is 17.6. The monoisotopic (exact) mass is 364 g/mol. The molecule has 0 bridgehead atoms. The summed E-state index contributed by atoms with van der Waals surface area (Å²) in [5, 5.41) is 8.71. The number of furan rings is 1. The van der Waals surface area contributed by atoms with Gasteiger partial charge in [-0.05, 0) is 30.3 Å². The van der Waals surface area contributed by atoms with E-state index in [4.69, 9.17) is 4.42 Å². The molecule has 2 N–H and O–H groups in total. The van der Waals surface area contributed by atoms with E-state index in [2.05, 4.69) is 15.7 Å². The van der Waals surface area contributed by atoms with Gasteiger partial charge < -0.3 is 15.1 Å². The maximum atomic E-state index is 12.9. The highest BCUT2D eigenvalue weighted by Crippen LogP contribution is 2.34. The summed E-state index contributed by atoms with van der Waals surface area (Å²) in [4.78, 5) is 11.9. The summed E-state index contributed by atoms with van der Waals surface area (Å²) in [5.74, 6) is 1.03. The number of para-hydroxylation sites is 1. The van der Waals surface area contributed by atoms with Crippen LogP contribution in [0.5, 0.6) is 0 Å². The number of nitrogens with zero attached hydrogens (tertiary/aromatic N) is 2. The first-order chi connectivity index (χ1) is 12.3. The van der Waals surface area contributed by atoms with Gasteiger partial charge in [0.15, 0.2) is 5.76 Å². The highest BCUT2D eigenvalue weighted by Gasteiger charge is 2.33. The molecule has 0 aliphatic heterocycles. The zero-order chi connectivity index (χ0) is 18.7. The van der Waals surface area contributed by atoms with Crippen LogP contribution in [0, 0.1) is 0 Å². The van der Waals surface area contributed by atoms with E-state index in [-0.39, 0.29) is 12.2 Å². The molecule has 0 atom stereocenters. The second kappa shape index (κ2) is 6.95. The van der Waals surface area contributed by atoms with Gasteiger partial charge in [-0.25, -0.2) is 4.79 Å². The van der Waals surface area contributed by atoms with Crippen LogP contribution in [0.15, 0.2) is 53.1 Å². The number of alkyl halides is 3. The summed E-state index contributed by atoms with van der Waals surface area (Å²) in [5.41, 5.74) is -0.459. The third kappa shape index (κ3) is 3.88. The first-order valence-corrected chi connectivity index (χ1v) is 7.63. The van der Waals surface area contributed by atoms with Gasteiger partial charge in [0.2, 0.25) is 0 Å². The molecule has 0 radical (unpaired) electrons. The van der Waals surface area contributed by atoms with E-state index < -0.39 is 17.8 Å². The number of carbonyl (C=O) groups excluding carboxylic acids is 1. The summed E-state index contributed by atoms with van der Waals surface area (Å²) >= 11 is 0. The van der Waals surface area contributed by atoms with Gasteiger partial charge in [-0.2, -0.15) is 18.3 Å². The predicted octanol–water partition coefficient (Wildman–Crippen LogP) is 4.02. The minimum absolute atomic E-state index is 0.0257. The van der Waals surface area contributed by atoms with Gasteiger partial charge in [0.1, 0.15) is 11.5 Å². The van der Waals surface area contributed by atoms with Gasteiger partial charge in [-0.3, -0.25) is 4.68 Å². The van der Waals surface area contributed by atoms with Crippen LogP contribution in [0.1, 0.15) is 11.3 Å². The number of carbonyl (C=O) groups is 1. The molecule has 2 aromatic heterocycles. The summed E-state index contributed by atoms with van der Waals surface area (Å²) in [7, 11) is 1.77. The Morgan fingerprint density at radius 2 is 1.96 bits per heavy atom. The van der Waals surface area contributed by atoms with E-state index in [0.29, 0.717) is 11.5 Å². The quantitative estimate of drug-likeness (QED) is 0.734. The zero-order valence-electron chi connectivity index (χ0n) is 13.7. The van der Waals surface area contributed by atoms with Crippen molar-refractivity contribution >= 4 is 11.7 Å². The highest BCUT2D eigenvalue weighted by atomic mass is 19.4. The van der Waals surface area contributed by atoms with Crippen LogP contribution >= 0.6 is 0 Å². The molecular formula is C17H15F3N4O2. The van der Waals surface area contributed by atoms with Crippen molar-refractivity contribution in [1.29, 1.82) is 0 Å². The zero-order valence-corrected chi connectivity index (χ0v) is 13.7. The summed E-state index contributed by atoms with van der Waals surface area (Å²) in [6, 6.07) is 9.18. The standard InChI is InChI=1S/C17H15F3N4O2/c1-24-14(8-9-22-24)15-7-6-11(26-15)10-21-16(25)23-13-5-3-2-4-12(13)17(18,19)20/h2-9H,10H2,1H3,(H2,21,23,25). The van der Waals surface area contributed by atoms with Crippen LogP contribution in [0.25, 0.3) is 11.5 Å². The average Bonchev–Trinajstić information content (AvgIpc) is 3.21. The van der Waals surface area contributed by atoms with Crippen LogP contribution in [0.3, 0.4) is 0 Å². The second-order valence-corrected chi connectivity index (χ2v) is 5.46. The van der Waals surface area contributed by atoms with Gasteiger partial charge >= 0.3 is 12.2 Å². The molecule has 0 fully saturated rings. The minimum atomic E-state index is -4.55. The Morgan fingerprint density at radius 3 is 2.65 bits per heavy atom. The summed E-state index contributed by atoms with van der Waals surface area (Å²) in [6.45, 7) is 0.0257. The first-order valence-electron chi connectivity index (χ1n) is 7.63. The molecule has 26 heavy (non-hydrogen) atoms. The highest BCUT2D eigenvalue weighted by molar-refractivity contribution is 5.90. The van der Waals surface area contributed by atoms with Crippen molar-refractivity contribution in [2.45, 2.75) is 12.7 Å². The van der Waals surface area contributed by atoms with Gasteiger partial charge in [0.05, 0.1) is 17.8 Å². The van der Waals surface area contributed by atoms with Crippen LogP contribution in [0.2, 0.25) is 0 Å². The molecule has 6 nitrogen and oxygen atoms in total. The number of aryl methyl sites for hydroxylation is 1. The van der Waals surface area contributed by atoms with E-state index in [1.807, 2.05) is 0 Å². The minimum Gasteiger partial charge on any atom is -0.458 e. The third-order valence-corrected chi connectivity index (χ3v) is 3.64. The maximum absolute atomic E-state index is 12.9. The van der Waals surface area contributed by atoms with Gasteiger partial charge in [0.25, 0.3) is 0 Å². The molecule has 3 rings (SSSR count). The van der Waals surface area contributed by atoms with Crippen molar-refractivity contribution in [3.63, 3.8) is 0 Å². The Hall–Kier alpha value is -3.23. The molecule has 0 spiro atoms. The number of aromatic nitrogens is 2. The molecule has 2 amide bonds. The van der Waals surface area contributed by atoms with E-state index >= 15 is 0 Å². The lowest BCUT2D eigenvalue weighted by Gasteiger charge is -2.13. The largest absolute Gasteiger partial charge is 0.458 e. The number of urea groups is 1. The molecule has 0 saturated heterocycles. The molecule has 0 aliphatic carbocycles. The second-order valence-electron chi connectivity index (χ2n) is 5.46. The fourth-order valence-corrected chi connectivity index (χ4v) is 2.40. The van der Waals surface area contributed by atoms with Crippen molar-refractivity contribution in [3.05, 3.63) is 60.0 Å². The lowest BCUT2D eigenvalue weighted by Crippen LogP contribution is -2.29. The topological polar surface area (TPSA) is 72.1 Å². The van der Waals surface area contributed by atoms with Crippen molar-refractivity contribution in [1.82, 2.24) is 15.1 Å². The van der Waals surface area contributed by atoms with Crippen molar-refractivity contribution < 1.29 is 22.4 Å². The molecule has 3 aromatic rings. The Balaban J connectivity index is 1.62. The number of hydrogen-bond donors (Lipinski definition) is 2. The van der Waals surface area contributed by atoms with Crippen molar-refractivity contribution in [2.75, 3.05) is 5.32 Å². The molecule has 0 unspecified atom stereocenters. The van der Waals surface area contributed by atoms with Crippen LogP contribution in [-0.2, 0) is 19.8 Å². The van der Waals surface area contributed by atoms with Crippen LogP contribution < -0.4 is 10.6 Å². The molecule has 1 aromatic carbocycles. The molecular weight excluding hydrogens is 349 g/mol. The number of halogens is 3. The molecule has 9 heteroatoms. The number of nitrogens with one attached hydrogen (secondary N) is 2. The lowest BCUT2D eigenvalue weighted by atomic mass is 10.1. The summed E-state index contributed by atoms with van der Waals surface area (Å²) < 4.78 is 46.0. The number of anilines is 1. The Bertz CT molecular complexity index is 915. The van der Waals surface area contributed by atoms with E-state index in [1.54, 1.807) is 36.1 Å². The molecule has 0 aliphatic rings. The fourth-order valence-electron chi connectivity index (χ4n) is 2.40. The number of benzene rings is 1. The normalized spacial score (nSPS) is 11.4. The van der Waals surface area contributed by atoms with Gasteiger partial charge in [0, 0.05) is 13.2 Å². The predicted molar refractivity (Wildman–Crippen MR) is 88.2 cm³/mol. The van der Waals surface area contributed by atoms with Crippen molar-refractivity contribution in [3.8, 4) is 11.5 Å². The third-order valence-electron chi connectivity index (χ3n) is 3.64. The Labute approximate surface area is 146 Å². The Kier molecular flexibility index (Phi) is 4.70. The van der Waals surface area contributed by atoms with Crippen LogP contribution in [0.4, 0.5) is 23.7 Å². The number of rotatable bonds is 4. The van der Waals surface area contributed by atoms with E-state index in [9.17, 15) is 18.0 Å². The van der Waals surface area contributed by atoms with Gasteiger partial charge in [-0.1, -0.05) is 12.1 Å². The van der Waals surface area contributed by atoms with Gasteiger partial charge in [-0.15, -0.1) is 0 Å². The smallest absolute Gasteiger partial charge is 0.418 e. The average molecular weight is 364 g/mol. The van der Waals surface area contributed by atoms with E-state index in [0.717, 1.165) is 11.8 Å². The summed E-state index contributed by atoms with van der Waals surface area (Å²) in [6.07, 6.45) is -2.93. The Morgan fingerprint density at radius 1 is 1.19 bits per heavy atom. The molecule has 2 heterocycles. The number of amides is 2. The molecule has 0 saturated carbocycles. The number of hydrogen-bond acceptors (Lipinski definition) is 3. The van der Waals surface area contributed by atoms with E-state index in [1.165, 1.54) is 18.2 Å². The SMILES string of the molecule is Cn1nccc1-c1ccc(CNC(=O)Nc2ccccc2C(F)(F)F)o1. The maximum Gasteiger partial charge on any atom is 0.418 e. The molecule has 136 valence electrons. The van der Waals surface area contributed by atoms with Crippen LogP contribution in [-0.4, -0.2) is 15.8 Å².